The van der Waals surface area contributed by atoms with Crippen molar-refractivity contribution < 1.29 is 9.53 Å². The molecule has 0 atom stereocenters. The van der Waals surface area contributed by atoms with Gasteiger partial charge in [-0.1, -0.05) is 13.8 Å². The molecule has 0 unspecified atom stereocenters. The molecule has 1 aliphatic rings. The number of carbonyl (C=O) groups excluding carboxylic acids is 1. The lowest BCUT2D eigenvalue weighted by atomic mass is 10.1. The Bertz CT molecular complexity index is 486. The van der Waals surface area contributed by atoms with E-state index in [9.17, 15) is 4.79 Å². The molecule has 0 N–H and O–H groups in total. The van der Waals surface area contributed by atoms with Gasteiger partial charge in [0, 0.05) is 30.8 Å². The number of rotatable bonds is 1. The van der Waals surface area contributed by atoms with Crippen LogP contribution in [0.4, 0.5) is 4.79 Å². The predicted octanol–water partition coefficient (Wildman–Crippen LogP) is 3.53. The van der Waals surface area contributed by atoms with Crippen LogP contribution < -0.4 is 0 Å². The van der Waals surface area contributed by atoms with E-state index >= 15 is 0 Å². The SMILES string of the molecule is CC.CCn1nc(C)c2c1CCN(C(=O)OC(C)(C)C)C2. The molecule has 120 valence electrons. The third-order valence-electron chi connectivity index (χ3n) is 3.29. The van der Waals surface area contributed by atoms with Crippen LogP contribution in [-0.4, -0.2) is 32.9 Å². The van der Waals surface area contributed by atoms with Gasteiger partial charge in [-0.2, -0.15) is 5.10 Å². The number of aromatic nitrogens is 2. The molecule has 1 aromatic rings. The molecule has 2 rings (SSSR count). The van der Waals surface area contributed by atoms with Gasteiger partial charge in [-0.05, 0) is 34.6 Å². The van der Waals surface area contributed by atoms with Crippen LogP contribution in [0.3, 0.4) is 0 Å². The molecule has 0 bridgehead atoms. The molecule has 0 fully saturated rings. The lowest BCUT2D eigenvalue weighted by Crippen LogP contribution is -2.40. The predicted molar refractivity (Wildman–Crippen MR) is 84.3 cm³/mol. The second-order valence-electron chi connectivity index (χ2n) is 5.98. The molecule has 0 aliphatic carbocycles. The standard InChI is InChI=1S/C14H23N3O2.C2H6/c1-6-17-12-7-8-16(9-11(12)10(2)15-17)13(18)19-14(3,4)5;1-2/h6-9H2,1-5H3;1-2H3. The summed E-state index contributed by atoms with van der Waals surface area (Å²) >= 11 is 0. The van der Waals surface area contributed by atoms with Crippen molar-refractivity contribution in [3.05, 3.63) is 17.0 Å². The van der Waals surface area contributed by atoms with E-state index in [1.165, 1.54) is 11.3 Å². The summed E-state index contributed by atoms with van der Waals surface area (Å²) in [5, 5.41) is 4.52. The number of fused-ring (bicyclic) bond motifs is 1. The highest BCUT2D eigenvalue weighted by atomic mass is 16.6. The van der Waals surface area contributed by atoms with Gasteiger partial charge < -0.3 is 9.64 Å². The first-order chi connectivity index (χ1) is 9.81. The lowest BCUT2D eigenvalue weighted by molar-refractivity contribution is 0.0222. The van der Waals surface area contributed by atoms with E-state index in [4.69, 9.17) is 4.74 Å². The topological polar surface area (TPSA) is 47.4 Å². The van der Waals surface area contributed by atoms with Crippen LogP contribution in [0.5, 0.6) is 0 Å². The van der Waals surface area contributed by atoms with Crippen molar-refractivity contribution in [2.24, 2.45) is 0 Å². The minimum atomic E-state index is -0.444. The zero-order valence-electron chi connectivity index (χ0n) is 14.5. The summed E-state index contributed by atoms with van der Waals surface area (Å²) in [6, 6.07) is 0. The Morgan fingerprint density at radius 2 is 1.95 bits per heavy atom. The second-order valence-corrected chi connectivity index (χ2v) is 5.98. The molecular weight excluding hydrogens is 266 g/mol. The fourth-order valence-corrected chi connectivity index (χ4v) is 2.41. The van der Waals surface area contributed by atoms with E-state index in [1.807, 2.05) is 46.2 Å². The first-order valence-electron chi connectivity index (χ1n) is 7.85. The summed E-state index contributed by atoms with van der Waals surface area (Å²) in [7, 11) is 0. The Kier molecular flexibility index (Phi) is 5.81. The van der Waals surface area contributed by atoms with Crippen molar-refractivity contribution in [3.63, 3.8) is 0 Å². The molecule has 1 amide bonds. The Morgan fingerprint density at radius 1 is 1.33 bits per heavy atom. The van der Waals surface area contributed by atoms with E-state index in [0.717, 1.165) is 18.7 Å². The maximum atomic E-state index is 12.1. The third-order valence-corrected chi connectivity index (χ3v) is 3.29. The van der Waals surface area contributed by atoms with E-state index in [0.29, 0.717) is 13.1 Å². The highest BCUT2D eigenvalue weighted by Gasteiger charge is 2.28. The molecule has 0 saturated carbocycles. The molecule has 0 saturated heterocycles. The van der Waals surface area contributed by atoms with Crippen molar-refractivity contribution in [1.82, 2.24) is 14.7 Å². The van der Waals surface area contributed by atoms with Gasteiger partial charge in [-0.3, -0.25) is 4.68 Å². The summed E-state index contributed by atoms with van der Waals surface area (Å²) in [5.41, 5.74) is 3.02. The zero-order chi connectivity index (χ0) is 16.2. The van der Waals surface area contributed by atoms with Gasteiger partial charge in [-0.15, -0.1) is 0 Å². The van der Waals surface area contributed by atoms with Gasteiger partial charge in [0.25, 0.3) is 0 Å². The molecule has 0 aromatic carbocycles. The van der Waals surface area contributed by atoms with E-state index in [-0.39, 0.29) is 6.09 Å². The highest BCUT2D eigenvalue weighted by molar-refractivity contribution is 5.68. The summed E-state index contributed by atoms with van der Waals surface area (Å²) in [4.78, 5) is 13.9. The van der Waals surface area contributed by atoms with Crippen molar-refractivity contribution in [2.75, 3.05) is 6.54 Å². The second kappa shape index (κ2) is 6.96. The summed E-state index contributed by atoms with van der Waals surface area (Å²) < 4.78 is 7.46. The molecular formula is C16H29N3O2. The smallest absolute Gasteiger partial charge is 0.410 e. The fourth-order valence-electron chi connectivity index (χ4n) is 2.41. The maximum Gasteiger partial charge on any atom is 0.410 e. The van der Waals surface area contributed by atoms with Crippen molar-refractivity contribution in [2.45, 2.75) is 73.6 Å². The van der Waals surface area contributed by atoms with Crippen LogP contribution >= 0.6 is 0 Å². The van der Waals surface area contributed by atoms with E-state index in [2.05, 4.69) is 12.0 Å². The first kappa shape index (κ1) is 17.5. The van der Waals surface area contributed by atoms with Crippen molar-refractivity contribution >= 4 is 6.09 Å². The van der Waals surface area contributed by atoms with E-state index < -0.39 is 5.60 Å². The fraction of sp³-hybridized carbons (Fsp3) is 0.750. The maximum absolute atomic E-state index is 12.1. The Hall–Kier alpha value is -1.52. The summed E-state index contributed by atoms with van der Waals surface area (Å²) in [5.74, 6) is 0. The van der Waals surface area contributed by atoms with Gasteiger partial charge in [0.15, 0.2) is 0 Å². The number of hydrogen-bond donors (Lipinski definition) is 0. The van der Waals surface area contributed by atoms with Crippen LogP contribution in [-0.2, 0) is 24.2 Å². The normalized spacial score (nSPS) is 14.1. The number of carbonyl (C=O) groups is 1. The zero-order valence-corrected chi connectivity index (χ0v) is 14.5. The van der Waals surface area contributed by atoms with Crippen LogP contribution in [0.25, 0.3) is 0 Å². The average molecular weight is 295 g/mol. The number of nitrogens with zero attached hydrogens (tertiary/aromatic N) is 3. The van der Waals surface area contributed by atoms with E-state index in [1.54, 1.807) is 4.90 Å². The Morgan fingerprint density at radius 3 is 2.48 bits per heavy atom. The molecule has 0 spiro atoms. The van der Waals surface area contributed by atoms with Gasteiger partial charge in [-0.25, -0.2) is 4.79 Å². The molecule has 21 heavy (non-hydrogen) atoms. The molecule has 1 aromatic heterocycles. The minimum Gasteiger partial charge on any atom is -0.444 e. The van der Waals surface area contributed by atoms with Gasteiger partial charge in [0.05, 0.1) is 12.2 Å². The third kappa shape index (κ3) is 4.22. The summed E-state index contributed by atoms with van der Waals surface area (Å²) in [6.45, 7) is 15.9. The number of amides is 1. The first-order valence-corrected chi connectivity index (χ1v) is 7.85. The highest BCUT2D eigenvalue weighted by Crippen LogP contribution is 2.23. The van der Waals surface area contributed by atoms with Crippen molar-refractivity contribution in [3.8, 4) is 0 Å². The van der Waals surface area contributed by atoms with Crippen LogP contribution in [0.2, 0.25) is 0 Å². The van der Waals surface area contributed by atoms with Crippen LogP contribution in [0, 0.1) is 6.92 Å². The van der Waals surface area contributed by atoms with Gasteiger partial charge >= 0.3 is 6.09 Å². The Labute approximate surface area is 128 Å². The molecule has 5 heteroatoms. The quantitative estimate of drug-likeness (QED) is 0.796. The summed E-state index contributed by atoms with van der Waals surface area (Å²) in [6.07, 6.45) is 0.616. The largest absolute Gasteiger partial charge is 0.444 e. The number of ether oxygens (including phenoxy) is 1. The lowest BCUT2D eigenvalue weighted by Gasteiger charge is -2.30. The monoisotopic (exact) mass is 295 g/mol. The number of aryl methyl sites for hydroxylation is 2. The number of hydrogen-bond acceptors (Lipinski definition) is 3. The molecule has 1 aliphatic heterocycles. The average Bonchev–Trinajstić information content (AvgIpc) is 2.75. The van der Waals surface area contributed by atoms with Gasteiger partial charge in [0.1, 0.15) is 5.60 Å². The molecule has 2 heterocycles. The molecule has 0 radical (unpaired) electrons. The minimum absolute atomic E-state index is 0.234. The van der Waals surface area contributed by atoms with Crippen molar-refractivity contribution in [1.29, 1.82) is 0 Å². The van der Waals surface area contributed by atoms with Gasteiger partial charge in [0.2, 0.25) is 0 Å². The molecule has 5 nitrogen and oxygen atoms in total. The Balaban J connectivity index is 0.00000106. The van der Waals surface area contributed by atoms with Crippen LogP contribution in [0.1, 0.15) is 58.5 Å². The van der Waals surface area contributed by atoms with Crippen LogP contribution in [0.15, 0.2) is 0 Å².